The van der Waals surface area contributed by atoms with Crippen molar-refractivity contribution >= 4 is 34.7 Å². The van der Waals surface area contributed by atoms with Gasteiger partial charge in [0.2, 0.25) is 0 Å². The van der Waals surface area contributed by atoms with Crippen molar-refractivity contribution in [2.45, 2.75) is 0 Å². The molecule has 0 radical (unpaired) electrons. The van der Waals surface area contributed by atoms with Crippen molar-refractivity contribution < 1.29 is 19.1 Å². The predicted molar refractivity (Wildman–Crippen MR) is 149 cm³/mol. The summed E-state index contributed by atoms with van der Waals surface area (Å²) in [5.74, 6) is -0.481. The molecule has 6 nitrogen and oxygen atoms in total. The van der Waals surface area contributed by atoms with Gasteiger partial charge in [-0.25, -0.2) is 9.59 Å². The Labute approximate surface area is 220 Å². The zero-order chi connectivity index (χ0) is 26.2. The number of benzene rings is 5. The minimum atomic E-state index is -0.513. The van der Waals surface area contributed by atoms with Crippen LogP contribution >= 0.6 is 0 Å². The number of hydrogen-bond acceptors (Lipinski definition) is 6. The van der Waals surface area contributed by atoms with Crippen LogP contribution in [-0.2, 0) is 0 Å². The van der Waals surface area contributed by atoms with Gasteiger partial charge in [0.05, 0.1) is 11.1 Å². The molecule has 0 fully saturated rings. The van der Waals surface area contributed by atoms with Gasteiger partial charge in [0.1, 0.15) is 11.5 Å². The molecule has 0 aromatic heterocycles. The summed E-state index contributed by atoms with van der Waals surface area (Å²) in [4.78, 5) is 25.3. The molecule has 0 bridgehead atoms. The van der Waals surface area contributed by atoms with Crippen LogP contribution in [-0.4, -0.2) is 11.9 Å². The third-order valence-electron chi connectivity index (χ3n) is 5.59. The Balaban J connectivity index is 1.18. The van der Waals surface area contributed by atoms with E-state index >= 15 is 0 Å². The first-order valence-corrected chi connectivity index (χ1v) is 12.0. The molecule has 0 heterocycles. The van der Waals surface area contributed by atoms with E-state index in [9.17, 15) is 9.59 Å². The maximum Gasteiger partial charge on any atom is 0.343 e. The van der Waals surface area contributed by atoms with Crippen LogP contribution in [0.1, 0.15) is 20.7 Å². The molecule has 5 rings (SSSR count). The van der Waals surface area contributed by atoms with E-state index in [-0.39, 0.29) is 11.5 Å². The van der Waals surface area contributed by atoms with E-state index in [0.717, 1.165) is 22.7 Å². The minimum absolute atomic E-state index is 0.272. The topological polar surface area (TPSA) is 76.7 Å². The Morgan fingerprint density at radius 2 is 0.789 bits per heavy atom. The van der Waals surface area contributed by atoms with Gasteiger partial charge in [-0.3, -0.25) is 0 Å². The number of nitrogens with one attached hydrogen (secondary N) is 2. The summed E-state index contributed by atoms with van der Waals surface area (Å²) in [5, 5.41) is 6.54. The first-order chi connectivity index (χ1) is 18.6. The summed E-state index contributed by atoms with van der Waals surface area (Å²) >= 11 is 0. The number of carbonyl (C=O) groups excluding carboxylic acids is 2. The second-order valence-corrected chi connectivity index (χ2v) is 8.39. The van der Waals surface area contributed by atoms with Gasteiger partial charge >= 0.3 is 11.9 Å². The van der Waals surface area contributed by atoms with Crippen LogP contribution < -0.4 is 20.1 Å². The summed E-state index contributed by atoms with van der Waals surface area (Å²) < 4.78 is 11.0. The van der Waals surface area contributed by atoms with Crippen LogP contribution in [0.3, 0.4) is 0 Å². The van der Waals surface area contributed by atoms with E-state index in [1.165, 1.54) is 6.07 Å². The molecule has 38 heavy (non-hydrogen) atoms. The summed E-state index contributed by atoms with van der Waals surface area (Å²) in [6.45, 7) is 0. The molecule has 0 amide bonds. The normalized spacial score (nSPS) is 10.3. The van der Waals surface area contributed by atoms with Crippen molar-refractivity contribution in [1.82, 2.24) is 0 Å². The molecule has 5 aromatic rings. The lowest BCUT2D eigenvalue weighted by Crippen LogP contribution is -2.10. The monoisotopic (exact) mass is 500 g/mol. The minimum Gasteiger partial charge on any atom is -0.423 e. The number of para-hydroxylation sites is 2. The van der Waals surface area contributed by atoms with Crippen molar-refractivity contribution in [3.8, 4) is 11.5 Å². The first-order valence-electron chi connectivity index (χ1n) is 12.0. The molecule has 0 saturated heterocycles. The highest BCUT2D eigenvalue weighted by Gasteiger charge is 2.12. The Kier molecular flexibility index (Phi) is 7.42. The molecular weight excluding hydrogens is 476 g/mol. The number of hydrogen-bond donors (Lipinski definition) is 2. The SMILES string of the molecule is O=C(Oc1cccc(OC(=O)c2ccc(Nc3ccccc3)cc2)c1)c1ccc(Nc2ccccc2)cc1. The van der Waals surface area contributed by atoms with Crippen LogP contribution in [0.15, 0.2) is 133 Å². The van der Waals surface area contributed by atoms with Gasteiger partial charge in [-0.05, 0) is 84.9 Å². The van der Waals surface area contributed by atoms with E-state index in [2.05, 4.69) is 10.6 Å². The number of esters is 2. The number of rotatable bonds is 8. The van der Waals surface area contributed by atoms with Gasteiger partial charge in [-0.15, -0.1) is 0 Å². The summed E-state index contributed by atoms with van der Waals surface area (Å²) in [6, 6.07) is 39.9. The van der Waals surface area contributed by atoms with Crippen molar-refractivity contribution in [2.75, 3.05) is 10.6 Å². The Bertz CT molecular complexity index is 1400. The lowest BCUT2D eigenvalue weighted by molar-refractivity contribution is 0.0733. The number of carbonyl (C=O) groups is 2. The molecule has 0 aliphatic carbocycles. The summed E-state index contributed by atoms with van der Waals surface area (Å²) in [7, 11) is 0. The maximum atomic E-state index is 12.6. The molecule has 0 unspecified atom stereocenters. The fourth-order valence-corrected chi connectivity index (χ4v) is 3.69. The van der Waals surface area contributed by atoms with Gasteiger partial charge < -0.3 is 20.1 Å². The van der Waals surface area contributed by atoms with Gasteiger partial charge in [-0.2, -0.15) is 0 Å². The molecule has 0 spiro atoms. The van der Waals surface area contributed by atoms with Gasteiger partial charge in [-0.1, -0.05) is 42.5 Å². The Hall–Kier alpha value is -5.36. The zero-order valence-electron chi connectivity index (χ0n) is 20.3. The largest absolute Gasteiger partial charge is 0.423 e. The third-order valence-corrected chi connectivity index (χ3v) is 5.59. The summed E-state index contributed by atoms with van der Waals surface area (Å²) in [5.41, 5.74) is 4.41. The van der Waals surface area contributed by atoms with Crippen LogP contribution in [0.2, 0.25) is 0 Å². The molecule has 186 valence electrons. The second kappa shape index (κ2) is 11.6. The molecule has 0 aliphatic heterocycles. The Morgan fingerprint density at radius 3 is 1.18 bits per heavy atom. The fraction of sp³-hybridized carbons (Fsp3) is 0. The molecular formula is C32H24N2O4. The molecule has 6 heteroatoms. The Morgan fingerprint density at radius 1 is 0.421 bits per heavy atom. The van der Waals surface area contributed by atoms with E-state index in [1.807, 2.05) is 84.9 Å². The second-order valence-electron chi connectivity index (χ2n) is 8.39. The van der Waals surface area contributed by atoms with E-state index in [0.29, 0.717) is 11.1 Å². The third kappa shape index (κ3) is 6.44. The lowest BCUT2D eigenvalue weighted by Gasteiger charge is -2.10. The molecule has 2 N–H and O–H groups in total. The fourth-order valence-electron chi connectivity index (χ4n) is 3.69. The number of anilines is 4. The first kappa shape index (κ1) is 24.3. The van der Waals surface area contributed by atoms with E-state index in [1.54, 1.807) is 42.5 Å². The van der Waals surface area contributed by atoms with Crippen LogP contribution in [0, 0.1) is 0 Å². The summed E-state index contributed by atoms with van der Waals surface area (Å²) in [6.07, 6.45) is 0. The number of ether oxygens (including phenoxy) is 2. The van der Waals surface area contributed by atoms with Crippen molar-refractivity contribution in [2.24, 2.45) is 0 Å². The molecule has 0 atom stereocenters. The van der Waals surface area contributed by atoms with E-state index in [4.69, 9.17) is 9.47 Å². The van der Waals surface area contributed by atoms with Gasteiger partial charge in [0, 0.05) is 28.8 Å². The van der Waals surface area contributed by atoms with E-state index < -0.39 is 11.9 Å². The standard InChI is InChI=1S/C32H24N2O4/c35-31(23-14-18-27(19-15-23)33-25-8-3-1-4-9-25)37-29-12-7-13-30(22-29)38-32(36)24-16-20-28(21-17-24)34-26-10-5-2-6-11-26/h1-22,33-34H. The molecule has 0 aliphatic rings. The highest BCUT2D eigenvalue weighted by atomic mass is 16.5. The highest BCUT2D eigenvalue weighted by molar-refractivity contribution is 5.92. The van der Waals surface area contributed by atoms with Gasteiger partial charge in [0.15, 0.2) is 0 Å². The van der Waals surface area contributed by atoms with Crippen LogP contribution in [0.5, 0.6) is 11.5 Å². The van der Waals surface area contributed by atoms with Crippen molar-refractivity contribution in [1.29, 1.82) is 0 Å². The lowest BCUT2D eigenvalue weighted by atomic mass is 10.2. The quantitative estimate of drug-likeness (QED) is 0.169. The zero-order valence-corrected chi connectivity index (χ0v) is 20.3. The van der Waals surface area contributed by atoms with Crippen molar-refractivity contribution in [3.63, 3.8) is 0 Å². The maximum absolute atomic E-state index is 12.6. The molecule has 5 aromatic carbocycles. The predicted octanol–water partition coefficient (Wildman–Crippen LogP) is 7.61. The van der Waals surface area contributed by atoms with Crippen LogP contribution in [0.4, 0.5) is 22.7 Å². The highest BCUT2D eigenvalue weighted by Crippen LogP contribution is 2.23. The van der Waals surface area contributed by atoms with Gasteiger partial charge in [0.25, 0.3) is 0 Å². The van der Waals surface area contributed by atoms with Crippen LogP contribution in [0.25, 0.3) is 0 Å². The molecule has 0 saturated carbocycles. The smallest absolute Gasteiger partial charge is 0.343 e. The average Bonchev–Trinajstić information content (AvgIpc) is 2.95. The average molecular weight is 501 g/mol. The van der Waals surface area contributed by atoms with Crippen molar-refractivity contribution in [3.05, 3.63) is 145 Å².